The quantitative estimate of drug-likeness (QED) is 0.424. The largest absolute Gasteiger partial charge is 0.497 e. The van der Waals surface area contributed by atoms with Gasteiger partial charge in [-0.05, 0) is 48.9 Å². The number of aryl methyl sites for hydroxylation is 1. The average Bonchev–Trinajstić information content (AvgIpc) is 3.33. The van der Waals surface area contributed by atoms with Crippen molar-refractivity contribution < 1.29 is 9.84 Å². The van der Waals surface area contributed by atoms with Crippen LogP contribution in [0.5, 0.6) is 11.6 Å². The van der Waals surface area contributed by atoms with Gasteiger partial charge in [-0.3, -0.25) is 4.90 Å². The topological polar surface area (TPSA) is 66.1 Å². The van der Waals surface area contributed by atoms with Crippen molar-refractivity contribution in [2.45, 2.75) is 13.0 Å². The Kier molecular flexibility index (Phi) is 5.79. The maximum Gasteiger partial charge on any atom is 0.230 e. The zero-order chi connectivity index (χ0) is 22.2. The first-order valence-corrected chi connectivity index (χ1v) is 12.1. The van der Waals surface area contributed by atoms with Crippen LogP contribution in [0.4, 0.5) is 5.69 Å². The van der Waals surface area contributed by atoms with Crippen molar-refractivity contribution >= 4 is 37.9 Å². The van der Waals surface area contributed by atoms with Crippen molar-refractivity contribution in [2.75, 3.05) is 38.2 Å². The second kappa shape index (κ2) is 8.73. The molecule has 32 heavy (non-hydrogen) atoms. The van der Waals surface area contributed by atoms with Crippen molar-refractivity contribution in [3.63, 3.8) is 0 Å². The van der Waals surface area contributed by atoms with Crippen LogP contribution in [-0.4, -0.2) is 57.9 Å². The Morgan fingerprint density at radius 1 is 1.03 bits per heavy atom. The van der Waals surface area contributed by atoms with Crippen LogP contribution in [0.3, 0.4) is 0 Å². The zero-order valence-electron chi connectivity index (χ0n) is 17.9. The van der Waals surface area contributed by atoms with E-state index in [-0.39, 0.29) is 11.9 Å². The maximum absolute atomic E-state index is 11.0. The molecule has 2 aromatic carbocycles. The molecule has 1 aliphatic rings. The standard InChI is InChI=1S/C23H24BrN5O2S/c1-15-25-23-29(26-15)22(30)21(32-23)20(16-3-5-17(24)6-4-16)28-13-11-27(12-14-28)18-7-9-19(31-2)10-8-18/h3-10,20,30H,11-14H2,1-2H3/t20-/m0/s1. The van der Waals surface area contributed by atoms with Gasteiger partial charge in [-0.25, -0.2) is 4.98 Å². The lowest BCUT2D eigenvalue weighted by Crippen LogP contribution is -2.47. The molecule has 4 aromatic rings. The molecule has 0 saturated carbocycles. The molecule has 7 nitrogen and oxygen atoms in total. The summed E-state index contributed by atoms with van der Waals surface area (Å²) in [6, 6.07) is 16.5. The van der Waals surface area contributed by atoms with Gasteiger partial charge < -0.3 is 14.7 Å². The smallest absolute Gasteiger partial charge is 0.230 e. The van der Waals surface area contributed by atoms with Gasteiger partial charge >= 0.3 is 0 Å². The van der Waals surface area contributed by atoms with E-state index >= 15 is 0 Å². The van der Waals surface area contributed by atoms with E-state index in [2.05, 4.69) is 60.1 Å². The lowest BCUT2D eigenvalue weighted by Gasteiger charge is -2.40. The third kappa shape index (κ3) is 3.96. The van der Waals surface area contributed by atoms with Gasteiger partial charge in [-0.15, -0.1) is 5.10 Å². The van der Waals surface area contributed by atoms with E-state index in [1.807, 2.05) is 31.2 Å². The number of rotatable bonds is 5. The first-order chi connectivity index (χ1) is 15.5. The number of benzene rings is 2. The molecule has 0 radical (unpaired) electrons. The van der Waals surface area contributed by atoms with Gasteiger partial charge in [-0.1, -0.05) is 39.4 Å². The van der Waals surface area contributed by atoms with Crippen molar-refractivity contribution in [1.82, 2.24) is 19.5 Å². The fourth-order valence-corrected chi connectivity index (χ4v) is 5.66. The highest BCUT2D eigenvalue weighted by Crippen LogP contribution is 2.40. The van der Waals surface area contributed by atoms with Gasteiger partial charge in [0.25, 0.3) is 0 Å². The number of hydrogen-bond acceptors (Lipinski definition) is 7. The van der Waals surface area contributed by atoms with Gasteiger partial charge in [0, 0.05) is 36.3 Å². The van der Waals surface area contributed by atoms with Crippen molar-refractivity contribution in [3.05, 3.63) is 69.3 Å². The third-order valence-corrected chi connectivity index (χ3v) is 7.46. The minimum absolute atomic E-state index is 0.0603. The fraction of sp³-hybridized carbons (Fsp3) is 0.304. The normalized spacial score (nSPS) is 15.9. The minimum Gasteiger partial charge on any atom is -0.497 e. The first-order valence-electron chi connectivity index (χ1n) is 10.5. The number of aromatic nitrogens is 3. The summed E-state index contributed by atoms with van der Waals surface area (Å²) in [4.78, 5) is 10.9. The molecule has 1 saturated heterocycles. The van der Waals surface area contributed by atoms with Crippen LogP contribution in [-0.2, 0) is 0 Å². The number of ether oxygens (including phenoxy) is 1. The number of aromatic hydroxyl groups is 1. The molecular formula is C23H24BrN5O2S. The Bertz CT molecular complexity index is 1210. The van der Waals surface area contributed by atoms with E-state index in [4.69, 9.17) is 4.74 Å². The molecule has 3 heterocycles. The van der Waals surface area contributed by atoms with E-state index in [9.17, 15) is 5.11 Å². The summed E-state index contributed by atoms with van der Waals surface area (Å²) in [6.07, 6.45) is 0. The maximum atomic E-state index is 11.0. The van der Waals surface area contributed by atoms with Crippen LogP contribution in [0.1, 0.15) is 22.3 Å². The Morgan fingerprint density at radius 3 is 2.34 bits per heavy atom. The van der Waals surface area contributed by atoms with Crippen LogP contribution in [0.2, 0.25) is 0 Å². The summed E-state index contributed by atoms with van der Waals surface area (Å²) in [7, 11) is 1.68. The Balaban J connectivity index is 1.44. The predicted octanol–water partition coefficient (Wildman–Crippen LogP) is 4.49. The Hall–Kier alpha value is -2.62. The van der Waals surface area contributed by atoms with Crippen molar-refractivity contribution in [3.8, 4) is 11.6 Å². The molecule has 0 bridgehead atoms. The van der Waals surface area contributed by atoms with Crippen LogP contribution in [0, 0.1) is 6.92 Å². The van der Waals surface area contributed by atoms with Crippen LogP contribution in [0.25, 0.3) is 4.96 Å². The first kappa shape index (κ1) is 21.2. The molecular weight excluding hydrogens is 490 g/mol. The van der Waals surface area contributed by atoms with Crippen molar-refractivity contribution in [2.24, 2.45) is 0 Å². The minimum atomic E-state index is -0.0603. The molecule has 1 aliphatic heterocycles. The summed E-state index contributed by atoms with van der Waals surface area (Å²) in [6.45, 7) is 5.39. The lowest BCUT2D eigenvalue weighted by atomic mass is 10.0. The SMILES string of the molecule is COc1ccc(N2CCN([C@@H](c3ccc(Br)cc3)c3sc4nc(C)nn4c3O)CC2)cc1. The van der Waals surface area contributed by atoms with E-state index in [1.54, 1.807) is 11.6 Å². The summed E-state index contributed by atoms with van der Waals surface area (Å²) in [5, 5.41) is 15.4. The van der Waals surface area contributed by atoms with Crippen LogP contribution in [0.15, 0.2) is 53.0 Å². The summed E-state index contributed by atoms with van der Waals surface area (Å²) >= 11 is 5.04. The number of halogens is 1. The molecule has 0 spiro atoms. The average molecular weight is 514 g/mol. The monoisotopic (exact) mass is 513 g/mol. The van der Waals surface area contributed by atoms with E-state index in [0.717, 1.165) is 46.8 Å². The van der Waals surface area contributed by atoms with Gasteiger partial charge in [0.2, 0.25) is 10.8 Å². The molecule has 5 rings (SSSR count). The summed E-state index contributed by atoms with van der Waals surface area (Å²) < 4.78 is 7.87. The van der Waals surface area contributed by atoms with Crippen molar-refractivity contribution in [1.29, 1.82) is 0 Å². The molecule has 1 fully saturated rings. The predicted molar refractivity (Wildman–Crippen MR) is 130 cm³/mol. The highest BCUT2D eigenvalue weighted by atomic mass is 79.9. The van der Waals surface area contributed by atoms with Gasteiger partial charge in [0.1, 0.15) is 11.6 Å². The fourth-order valence-electron chi connectivity index (χ4n) is 4.23. The molecule has 166 valence electrons. The summed E-state index contributed by atoms with van der Waals surface area (Å²) in [5.74, 6) is 1.70. The number of thiazole rings is 1. The highest BCUT2D eigenvalue weighted by Gasteiger charge is 2.31. The second-order valence-corrected chi connectivity index (χ2v) is 9.74. The van der Waals surface area contributed by atoms with Gasteiger partial charge in [-0.2, -0.15) is 4.52 Å². The third-order valence-electron chi connectivity index (χ3n) is 5.86. The summed E-state index contributed by atoms with van der Waals surface area (Å²) in [5.41, 5.74) is 2.34. The Morgan fingerprint density at radius 2 is 1.72 bits per heavy atom. The molecule has 1 atom stereocenters. The zero-order valence-corrected chi connectivity index (χ0v) is 20.3. The van der Waals surface area contributed by atoms with Crippen LogP contribution >= 0.6 is 27.3 Å². The van der Waals surface area contributed by atoms with E-state index < -0.39 is 0 Å². The van der Waals surface area contributed by atoms with E-state index in [0.29, 0.717) is 10.8 Å². The number of hydrogen-bond donors (Lipinski definition) is 1. The molecule has 9 heteroatoms. The van der Waals surface area contributed by atoms with Gasteiger partial charge in [0.15, 0.2) is 0 Å². The van der Waals surface area contributed by atoms with E-state index in [1.165, 1.54) is 17.0 Å². The molecule has 0 aliphatic carbocycles. The highest BCUT2D eigenvalue weighted by molar-refractivity contribution is 9.10. The molecule has 0 amide bonds. The number of piperazine rings is 1. The number of anilines is 1. The second-order valence-electron chi connectivity index (χ2n) is 7.82. The molecule has 0 unspecified atom stereocenters. The molecule has 1 N–H and O–H groups in total. The van der Waals surface area contributed by atoms with Gasteiger partial charge in [0.05, 0.1) is 18.0 Å². The number of fused-ring (bicyclic) bond motifs is 1. The Labute approximate surface area is 199 Å². The lowest BCUT2D eigenvalue weighted by molar-refractivity contribution is 0.211. The molecule has 2 aromatic heterocycles. The van der Waals surface area contributed by atoms with Crippen LogP contribution < -0.4 is 9.64 Å². The number of nitrogens with zero attached hydrogens (tertiary/aromatic N) is 5. The number of methoxy groups -OCH3 is 1.